The Morgan fingerprint density at radius 3 is 2.22 bits per heavy atom. The van der Waals surface area contributed by atoms with E-state index in [2.05, 4.69) is 0 Å². The maximum atomic E-state index is 8.49. The molecule has 1 aromatic heterocycles. The van der Waals surface area contributed by atoms with E-state index >= 15 is 0 Å². The van der Waals surface area contributed by atoms with Crippen molar-refractivity contribution in [2.75, 3.05) is 20.0 Å². The van der Waals surface area contributed by atoms with E-state index in [0.29, 0.717) is 13.2 Å². The van der Waals surface area contributed by atoms with E-state index < -0.39 is 10.2 Å². The van der Waals surface area contributed by atoms with Gasteiger partial charge in [-0.3, -0.25) is 4.42 Å². The average molecular weight is 467 g/mol. The maximum absolute atomic E-state index is 8.49. The number of benzene rings is 1. The van der Waals surface area contributed by atoms with Gasteiger partial charge >= 0.3 is 5.43 Å². The zero-order chi connectivity index (χ0) is 23.5. The van der Waals surface area contributed by atoms with E-state index in [9.17, 15) is 0 Å². The number of aryl methyl sites for hydroxylation is 2. The number of hydrogen-bond donors (Lipinski definition) is 0. The highest BCUT2D eigenvalue weighted by Gasteiger charge is 2.21. The van der Waals surface area contributed by atoms with Gasteiger partial charge in [0.2, 0.25) is 6.79 Å². The van der Waals surface area contributed by atoms with Gasteiger partial charge in [-0.1, -0.05) is 6.07 Å². The van der Waals surface area contributed by atoms with Crippen molar-refractivity contribution in [2.24, 2.45) is 0 Å². The van der Waals surface area contributed by atoms with E-state index in [0.717, 1.165) is 56.1 Å². The molecular weight excluding hydrogens is 444 g/mol. The van der Waals surface area contributed by atoms with Gasteiger partial charge in [0.05, 0.1) is 18.1 Å². The van der Waals surface area contributed by atoms with Crippen molar-refractivity contribution < 1.29 is 47.5 Å². The van der Waals surface area contributed by atoms with Gasteiger partial charge in [0.1, 0.15) is 22.7 Å². The molecule has 10 heteroatoms. The smallest absolute Gasteiger partial charge is 0.355 e. The van der Waals surface area contributed by atoms with Crippen molar-refractivity contribution in [2.45, 2.75) is 27.7 Å². The minimum atomic E-state index is -4.94. The van der Waals surface area contributed by atoms with Gasteiger partial charge in [-0.05, 0) is 50.1 Å². The largest absolute Gasteiger partial charge is 0.493 e. The molecule has 9 nitrogen and oxygen atoms in total. The standard InChI is InChI=1S/C22H23O5.ClHO4/c1-5-23-19-10-16(15-7-8-17-18(9-15)26-12-25-17)11-20(24-6-2)22-14(4)27-13(3)21(19)22;2-1(3,4)5/h7-11H,5-6,12H2,1-4H3;(H,2,3,4,5)/q+1;/p-1. The molecule has 32 heavy (non-hydrogen) atoms. The number of furan rings is 1. The zero-order valence-corrected chi connectivity index (χ0v) is 18.8. The first-order valence-corrected chi connectivity index (χ1v) is 11.0. The topological polar surface area (TPSA) is 144 Å². The molecule has 0 saturated heterocycles. The highest BCUT2D eigenvalue weighted by atomic mass is 35.7. The predicted octanol–water partition coefficient (Wildman–Crippen LogP) is 0.00384. The van der Waals surface area contributed by atoms with Crippen molar-refractivity contribution in [3.05, 3.63) is 51.7 Å². The molecular formula is C22H23ClO9. The van der Waals surface area contributed by atoms with Crippen LogP contribution in [0, 0.1) is 24.1 Å². The van der Waals surface area contributed by atoms with Crippen LogP contribution >= 0.6 is 0 Å². The third-order valence-electron chi connectivity index (χ3n) is 4.63. The molecule has 2 heterocycles. The molecule has 0 amide bonds. The summed E-state index contributed by atoms with van der Waals surface area (Å²) < 4.78 is 62.8. The fourth-order valence-electron chi connectivity index (χ4n) is 3.53. The van der Waals surface area contributed by atoms with Gasteiger partial charge in [-0.2, -0.15) is 0 Å². The monoisotopic (exact) mass is 466 g/mol. The summed E-state index contributed by atoms with van der Waals surface area (Å²) in [5.41, 5.74) is 2.77. The summed E-state index contributed by atoms with van der Waals surface area (Å²) in [6.45, 7) is 9.24. The lowest BCUT2D eigenvalue weighted by atomic mass is 10.1. The Balaban J connectivity index is 0.000000523. The second-order valence-corrected chi connectivity index (χ2v) is 7.50. The Labute approximate surface area is 186 Å². The summed E-state index contributed by atoms with van der Waals surface area (Å²) in [5, 5.41) is 1.90. The normalized spacial score (nSPS) is 13.2. The molecule has 2 aromatic carbocycles. The average Bonchev–Trinajstić information content (AvgIpc) is 3.23. The highest BCUT2D eigenvalue weighted by molar-refractivity contribution is 5.93. The third-order valence-corrected chi connectivity index (χ3v) is 4.63. The number of hydrogen-bond acceptors (Lipinski definition) is 8. The summed E-state index contributed by atoms with van der Waals surface area (Å²) in [6.07, 6.45) is 0. The molecule has 0 unspecified atom stereocenters. The van der Waals surface area contributed by atoms with E-state index in [4.69, 9.17) is 41.7 Å². The Kier molecular flexibility index (Phi) is 7.27. The van der Waals surface area contributed by atoms with E-state index in [-0.39, 0.29) is 6.79 Å². The molecule has 3 aromatic rings. The lowest BCUT2D eigenvalue weighted by Crippen LogP contribution is -2.68. The van der Waals surface area contributed by atoms with E-state index in [1.165, 1.54) is 0 Å². The summed E-state index contributed by atoms with van der Waals surface area (Å²) in [7, 11) is -4.94. The van der Waals surface area contributed by atoms with Crippen LogP contribution in [0.2, 0.25) is 0 Å². The quantitative estimate of drug-likeness (QED) is 0.489. The van der Waals surface area contributed by atoms with Crippen LogP contribution in [-0.2, 0) is 0 Å². The van der Waals surface area contributed by atoms with Crippen LogP contribution in [0.5, 0.6) is 17.2 Å². The molecule has 0 atom stereocenters. The van der Waals surface area contributed by atoms with Crippen molar-refractivity contribution in [3.8, 4) is 28.4 Å². The summed E-state index contributed by atoms with van der Waals surface area (Å²) in [6, 6.07) is 10.00. The van der Waals surface area contributed by atoms with Gasteiger partial charge in [0.15, 0.2) is 11.5 Å². The first-order chi connectivity index (χ1) is 15.1. The lowest BCUT2D eigenvalue weighted by Gasteiger charge is -2.17. The molecule has 1 aliphatic heterocycles. The Hall–Kier alpha value is -2.82. The molecule has 172 valence electrons. The number of rotatable bonds is 4. The number of ether oxygens (including phenoxy) is 3. The van der Waals surface area contributed by atoms with Crippen LogP contribution in [0.25, 0.3) is 21.9 Å². The fraction of sp³-hybridized carbons (Fsp3) is 0.318. The van der Waals surface area contributed by atoms with Gasteiger partial charge in [0.25, 0.3) is 6.61 Å². The maximum Gasteiger partial charge on any atom is 0.355 e. The first kappa shape index (κ1) is 23.8. The number of halogens is 1. The van der Waals surface area contributed by atoms with E-state index in [1.807, 2.05) is 58.0 Å². The second kappa shape index (κ2) is 9.76. The SMILES string of the molecule is CCOc1cc(-c2ccc3c(c2)OCO3)cc(=[O+]CC)c2c(C)oc(C)c12.[O-][Cl+3]([O-])([O-])[O-]. The van der Waals surface area contributed by atoms with Gasteiger partial charge in [-0.25, -0.2) is 18.6 Å². The first-order valence-electron chi connectivity index (χ1n) is 9.80. The minimum absolute atomic E-state index is 0.254. The summed E-state index contributed by atoms with van der Waals surface area (Å²) >= 11 is 0. The van der Waals surface area contributed by atoms with Crippen molar-refractivity contribution in [3.63, 3.8) is 0 Å². The zero-order valence-electron chi connectivity index (χ0n) is 18.1. The lowest BCUT2D eigenvalue weighted by molar-refractivity contribution is -2.00. The van der Waals surface area contributed by atoms with Crippen molar-refractivity contribution in [1.29, 1.82) is 0 Å². The van der Waals surface area contributed by atoms with Crippen LogP contribution in [0.1, 0.15) is 25.4 Å². The second-order valence-electron chi connectivity index (χ2n) is 6.75. The van der Waals surface area contributed by atoms with Crippen LogP contribution in [-0.4, -0.2) is 20.0 Å². The van der Waals surface area contributed by atoms with Gasteiger partial charge in [0, 0.05) is 6.92 Å². The van der Waals surface area contributed by atoms with Gasteiger partial charge in [-0.15, -0.1) is 10.2 Å². The third kappa shape index (κ3) is 5.50. The molecule has 0 fully saturated rings. The summed E-state index contributed by atoms with van der Waals surface area (Å²) in [5.74, 6) is 3.93. The van der Waals surface area contributed by atoms with Crippen molar-refractivity contribution >= 4 is 10.8 Å². The van der Waals surface area contributed by atoms with Crippen LogP contribution in [0.3, 0.4) is 0 Å². The molecule has 0 aliphatic carbocycles. The summed E-state index contributed by atoms with van der Waals surface area (Å²) in [4.78, 5) is 0. The molecule has 0 saturated carbocycles. The van der Waals surface area contributed by atoms with Gasteiger partial charge < -0.3 is 18.6 Å². The van der Waals surface area contributed by atoms with Crippen LogP contribution in [0.15, 0.2) is 39.2 Å². The molecule has 0 bridgehead atoms. The molecule has 0 spiro atoms. The highest BCUT2D eigenvalue weighted by Crippen LogP contribution is 2.38. The Morgan fingerprint density at radius 2 is 1.56 bits per heavy atom. The van der Waals surface area contributed by atoms with Crippen molar-refractivity contribution in [1.82, 2.24) is 0 Å². The number of fused-ring (bicyclic) bond motifs is 2. The molecule has 1 aliphatic rings. The predicted molar refractivity (Wildman–Crippen MR) is 105 cm³/mol. The molecule has 0 N–H and O–H groups in total. The molecule has 4 rings (SSSR count). The Morgan fingerprint density at radius 1 is 0.906 bits per heavy atom. The Bertz CT molecular complexity index is 1170. The van der Waals surface area contributed by atoms with Crippen LogP contribution < -0.4 is 38.3 Å². The minimum Gasteiger partial charge on any atom is -0.493 e. The molecule has 0 radical (unpaired) electrons. The fourth-order valence-corrected chi connectivity index (χ4v) is 3.53. The van der Waals surface area contributed by atoms with Crippen LogP contribution in [0.4, 0.5) is 0 Å². The van der Waals surface area contributed by atoms with E-state index in [1.54, 1.807) is 0 Å².